The van der Waals surface area contributed by atoms with Crippen molar-refractivity contribution in [1.82, 2.24) is 19.7 Å². The van der Waals surface area contributed by atoms with Gasteiger partial charge in [0.25, 0.3) is 0 Å². The standard InChI is InChI=1S/C17H25N5/c1-15-14-18-7-4-17(15)21-12-10-20(11-13-21)16(2)5-9-22-8-3-6-19-22/h3-4,6-8,14,16H,5,9-13H2,1-2H3. The summed E-state index contributed by atoms with van der Waals surface area (Å²) in [5.74, 6) is 0. The summed E-state index contributed by atoms with van der Waals surface area (Å²) in [5, 5.41) is 4.28. The Morgan fingerprint density at radius 2 is 2.00 bits per heavy atom. The lowest BCUT2D eigenvalue weighted by Crippen LogP contribution is -2.50. The van der Waals surface area contributed by atoms with Gasteiger partial charge in [0.2, 0.25) is 0 Å². The fourth-order valence-electron chi connectivity index (χ4n) is 3.16. The van der Waals surface area contributed by atoms with E-state index in [9.17, 15) is 0 Å². The van der Waals surface area contributed by atoms with Crippen LogP contribution < -0.4 is 4.90 Å². The van der Waals surface area contributed by atoms with Gasteiger partial charge in [-0.1, -0.05) is 0 Å². The maximum atomic E-state index is 4.28. The van der Waals surface area contributed by atoms with Crippen LogP contribution in [0.5, 0.6) is 0 Å². The van der Waals surface area contributed by atoms with Crippen LogP contribution in [0.15, 0.2) is 36.9 Å². The first-order chi connectivity index (χ1) is 10.7. The van der Waals surface area contributed by atoms with Gasteiger partial charge in [-0.05, 0) is 38.0 Å². The van der Waals surface area contributed by atoms with Gasteiger partial charge in [-0.2, -0.15) is 5.10 Å². The molecule has 1 fully saturated rings. The molecule has 0 aliphatic carbocycles. The summed E-state index contributed by atoms with van der Waals surface area (Å²) in [6.07, 6.45) is 8.88. The Hall–Kier alpha value is -1.88. The van der Waals surface area contributed by atoms with Crippen molar-refractivity contribution in [2.75, 3.05) is 31.1 Å². The highest BCUT2D eigenvalue weighted by Gasteiger charge is 2.21. The van der Waals surface area contributed by atoms with Gasteiger partial charge in [-0.15, -0.1) is 0 Å². The van der Waals surface area contributed by atoms with E-state index in [0.29, 0.717) is 6.04 Å². The predicted octanol–water partition coefficient (Wildman–Crippen LogP) is 2.19. The van der Waals surface area contributed by atoms with Crippen molar-refractivity contribution in [2.24, 2.45) is 0 Å². The first-order valence-corrected chi connectivity index (χ1v) is 8.11. The first-order valence-electron chi connectivity index (χ1n) is 8.11. The average molecular weight is 299 g/mol. The Morgan fingerprint density at radius 1 is 1.18 bits per heavy atom. The molecule has 0 aromatic carbocycles. The van der Waals surface area contributed by atoms with Gasteiger partial charge in [0.1, 0.15) is 0 Å². The summed E-state index contributed by atoms with van der Waals surface area (Å²) in [6, 6.07) is 4.72. The number of aromatic nitrogens is 3. The molecule has 0 saturated carbocycles. The topological polar surface area (TPSA) is 37.2 Å². The number of anilines is 1. The van der Waals surface area contributed by atoms with Crippen LogP contribution in [0.2, 0.25) is 0 Å². The summed E-state index contributed by atoms with van der Waals surface area (Å²) >= 11 is 0. The number of rotatable bonds is 5. The van der Waals surface area contributed by atoms with Crippen LogP contribution in [0.25, 0.3) is 0 Å². The summed E-state index contributed by atoms with van der Waals surface area (Å²) in [5.41, 5.74) is 2.60. The third kappa shape index (κ3) is 3.47. The van der Waals surface area contributed by atoms with Gasteiger partial charge in [0.05, 0.1) is 0 Å². The Kier molecular flexibility index (Phi) is 4.73. The lowest BCUT2D eigenvalue weighted by atomic mass is 10.1. The molecule has 1 aliphatic heterocycles. The minimum Gasteiger partial charge on any atom is -0.369 e. The number of pyridine rings is 1. The Morgan fingerprint density at radius 3 is 2.68 bits per heavy atom. The zero-order valence-electron chi connectivity index (χ0n) is 13.5. The molecule has 1 atom stereocenters. The van der Waals surface area contributed by atoms with Crippen molar-refractivity contribution < 1.29 is 0 Å². The van der Waals surface area contributed by atoms with Crippen LogP contribution in [0.1, 0.15) is 18.9 Å². The third-order valence-corrected chi connectivity index (χ3v) is 4.60. The molecule has 1 unspecified atom stereocenters. The third-order valence-electron chi connectivity index (χ3n) is 4.60. The van der Waals surface area contributed by atoms with E-state index < -0.39 is 0 Å². The summed E-state index contributed by atoms with van der Waals surface area (Å²) < 4.78 is 2.02. The molecule has 0 bridgehead atoms. The number of aryl methyl sites for hydroxylation is 2. The number of nitrogens with zero attached hydrogens (tertiary/aromatic N) is 5. The molecule has 2 aromatic heterocycles. The van der Waals surface area contributed by atoms with Crippen LogP contribution in [0.4, 0.5) is 5.69 Å². The predicted molar refractivity (Wildman–Crippen MR) is 89.1 cm³/mol. The molecule has 0 radical (unpaired) electrons. The lowest BCUT2D eigenvalue weighted by Gasteiger charge is -2.39. The van der Waals surface area contributed by atoms with E-state index in [0.717, 1.165) is 39.1 Å². The van der Waals surface area contributed by atoms with E-state index in [1.54, 1.807) is 0 Å². The zero-order valence-corrected chi connectivity index (χ0v) is 13.5. The van der Waals surface area contributed by atoms with Crippen molar-refractivity contribution in [3.8, 4) is 0 Å². The summed E-state index contributed by atoms with van der Waals surface area (Å²) in [6.45, 7) is 9.91. The van der Waals surface area contributed by atoms with E-state index >= 15 is 0 Å². The van der Waals surface area contributed by atoms with E-state index in [-0.39, 0.29) is 0 Å². The molecular formula is C17H25N5. The zero-order chi connectivity index (χ0) is 15.4. The highest BCUT2D eigenvalue weighted by atomic mass is 15.3. The fourth-order valence-corrected chi connectivity index (χ4v) is 3.16. The molecular weight excluding hydrogens is 274 g/mol. The number of piperazine rings is 1. The average Bonchev–Trinajstić information content (AvgIpc) is 3.07. The molecule has 22 heavy (non-hydrogen) atoms. The van der Waals surface area contributed by atoms with Crippen molar-refractivity contribution in [3.05, 3.63) is 42.5 Å². The fraction of sp³-hybridized carbons (Fsp3) is 0.529. The van der Waals surface area contributed by atoms with Gasteiger partial charge in [0, 0.05) is 69.2 Å². The highest BCUT2D eigenvalue weighted by Crippen LogP contribution is 2.20. The van der Waals surface area contributed by atoms with Gasteiger partial charge in [-0.3, -0.25) is 14.6 Å². The smallest absolute Gasteiger partial charge is 0.0489 e. The van der Waals surface area contributed by atoms with Crippen molar-refractivity contribution in [1.29, 1.82) is 0 Å². The van der Waals surface area contributed by atoms with Gasteiger partial charge in [0.15, 0.2) is 0 Å². The van der Waals surface area contributed by atoms with Crippen molar-refractivity contribution in [3.63, 3.8) is 0 Å². The number of hydrogen-bond donors (Lipinski definition) is 0. The Bertz CT molecular complexity index is 572. The van der Waals surface area contributed by atoms with Crippen LogP contribution >= 0.6 is 0 Å². The van der Waals surface area contributed by atoms with E-state index in [2.05, 4.69) is 39.8 Å². The summed E-state index contributed by atoms with van der Waals surface area (Å²) in [7, 11) is 0. The largest absolute Gasteiger partial charge is 0.369 e. The summed E-state index contributed by atoms with van der Waals surface area (Å²) in [4.78, 5) is 9.26. The molecule has 5 nitrogen and oxygen atoms in total. The quantitative estimate of drug-likeness (QED) is 0.848. The van der Waals surface area contributed by atoms with Crippen LogP contribution in [-0.2, 0) is 6.54 Å². The SMILES string of the molecule is Cc1cnccc1N1CCN(C(C)CCn2cccn2)CC1. The molecule has 1 saturated heterocycles. The van der Waals surface area contributed by atoms with Gasteiger partial charge >= 0.3 is 0 Å². The molecule has 0 amide bonds. The van der Waals surface area contributed by atoms with Crippen molar-refractivity contribution >= 4 is 5.69 Å². The Labute approximate surface area is 132 Å². The molecule has 1 aliphatic rings. The molecule has 3 heterocycles. The minimum absolute atomic E-state index is 0.602. The highest BCUT2D eigenvalue weighted by molar-refractivity contribution is 5.51. The maximum absolute atomic E-state index is 4.28. The van der Waals surface area contributed by atoms with Gasteiger partial charge < -0.3 is 4.90 Å². The molecule has 0 spiro atoms. The molecule has 3 rings (SSSR count). The van der Waals surface area contributed by atoms with Crippen molar-refractivity contribution in [2.45, 2.75) is 32.9 Å². The molecule has 0 N–H and O–H groups in total. The number of hydrogen-bond acceptors (Lipinski definition) is 4. The van der Waals surface area contributed by atoms with E-state index in [1.165, 1.54) is 11.3 Å². The molecule has 118 valence electrons. The van der Waals surface area contributed by atoms with Crippen LogP contribution in [0, 0.1) is 6.92 Å². The van der Waals surface area contributed by atoms with Gasteiger partial charge in [-0.25, -0.2) is 0 Å². The molecule has 2 aromatic rings. The minimum atomic E-state index is 0.602. The monoisotopic (exact) mass is 299 g/mol. The lowest BCUT2D eigenvalue weighted by molar-refractivity contribution is 0.182. The maximum Gasteiger partial charge on any atom is 0.0489 e. The van der Waals surface area contributed by atoms with E-state index in [1.807, 2.05) is 35.5 Å². The second-order valence-electron chi connectivity index (χ2n) is 6.09. The van der Waals surface area contributed by atoms with Crippen LogP contribution in [-0.4, -0.2) is 51.9 Å². The molecule has 5 heteroatoms. The first kappa shape index (κ1) is 15.0. The second kappa shape index (κ2) is 6.92. The second-order valence-corrected chi connectivity index (χ2v) is 6.09. The normalized spacial score (nSPS) is 17.6. The van der Waals surface area contributed by atoms with E-state index in [4.69, 9.17) is 0 Å². The Balaban J connectivity index is 1.50. The van der Waals surface area contributed by atoms with Crippen LogP contribution in [0.3, 0.4) is 0 Å².